The lowest BCUT2D eigenvalue weighted by atomic mass is 10.0. The fourth-order valence-electron chi connectivity index (χ4n) is 2.83. The number of aromatic nitrogens is 2. The van der Waals surface area contributed by atoms with E-state index in [0.29, 0.717) is 5.82 Å². The van der Waals surface area contributed by atoms with Crippen LogP contribution in [0.3, 0.4) is 0 Å². The van der Waals surface area contributed by atoms with E-state index >= 15 is 0 Å². The van der Waals surface area contributed by atoms with E-state index in [1.807, 2.05) is 39.8 Å². The molecular weight excluding hydrogens is 346 g/mol. The van der Waals surface area contributed by atoms with Crippen LogP contribution in [0, 0.1) is 13.8 Å². The summed E-state index contributed by atoms with van der Waals surface area (Å²) < 4.78 is 12.3. The number of rotatable bonds is 6. The average Bonchev–Trinajstić information content (AvgIpc) is 3.21. The standard InChI is InChI=1S/C20H23N3O4/c1-12(2)23-18(5-6-21-23)22-19(24)11-27-20(25)9-15-10-26-17-8-14(4)13(3)7-16(15)17/h5-8,10,12H,9,11H2,1-4H3,(H,22,24). The van der Waals surface area contributed by atoms with Crippen LogP contribution in [0.5, 0.6) is 0 Å². The Bertz CT molecular complexity index is 984. The van der Waals surface area contributed by atoms with Gasteiger partial charge in [-0.2, -0.15) is 5.10 Å². The van der Waals surface area contributed by atoms with Gasteiger partial charge < -0.3 is 14.5 Å². The van der Waals surface area contributed by atoms with Crippen LogP contribution in [0.25, 0.3) is 11.0 Å². The largest absolute Gasteiger partial charge is 0.464 e. The van der Waals surface area contributed by atoms with Crippen molar-refractivity contribution in [3.05, 3.63) is 47.3 Å². The van der Waals surface area contributed by atoms with Crippen LogP contribution in [0.2, 0.25) is 0 Å². The van der Waals surface area contributed by atoms with Gasteiger partial charge in [0.25, 0.3) is 5.91 Å². The first-order valence-electron chi connectivity index (χ1n) is 8.81. The fourth-order valence-corrected chi connectivity index (χ4v) is 2.83. The van der Waals surface area contributed by atoms with Crippen LogP contribution in [0.1, 0.15) is 36.6 Å². The Hall–Kier alpha value is -3.09. The highest BCUT2D eigenvalue weighted by atomic mass is 16.5. The molecule has 0 aliphatic carbocycles. The summed E-state index contributed by atoms with van der Waals surface area (Å²) in [4.78, 5) is 24.2. The Kier molecular flexibility index (Phi) is 5.30. The Balaban J connectivity index is 1.57. The van der Waals surface area contributed by atoms with Crippen molar-refractivity contribution in [2.24, 2.45) is 0 Å². The molecule has 0 unspecified atom stereocenters. The van der Waals surface area contributed by atoms with Gasteiger partial charge in [0.2, 0.25) is 0 Å². The van der Waals surface area contributed by atoms with Crippen molar-refractivity contribution in [1.82, 2.24) is 9.78 Å². The normalized spacial score (nSPS) is 11.1. The lowest BCUT2D eigenvalue weighted by molar-refractivity contribution is -0.146. The summed E-state index contributed by atoms with van der Waals surface area (Å²) >= 11 is 0. The molecule has 1 amide bonds. The number of hydrogen-bond acceptors (Lipinski definition) is 5. The van der Waals surface area contributed by atoms with Gasteiger partial charge in [-0.15, -0.1) is 0 Å². The van der Waals surface area contributed by atoms with Gasteiger partial charge in [-0.25, -0.2) is 4.68 Å². The number of aryl methyl sites for hydroxylation is 2. The van der Waals surface area contributed by atoms with Gasteiger partial charge in [-0.1, -0.05) is 0 Å². The number of amides is 1. The van der Waals surface area contributed by atoms with Crippen LogP contribution >= 0.6 is 0 Å². The number of hydrogen-bond donors (Lipinski definition) is 1. The van der Waals surface area contributed by atoms with Gasteiger partial charge in [0.15, 0.2) is 6.61 Å². The summed E-state index contributed by atoms with van der Waals surface area (Å²) in [5.74, 6) is -0.324. The lowest BCUT2D eigenvalue weighted by Gasteiger charge is -2.11. The molecule has 1 aromatic carbocycles. The molecular formula is C20H23N3O4. The monoisotopic (exact) mass is 369 g/mol. The van der Waals surface area contributed by atoms with Crippen molar-refractivity contribution in [2.75, 3.05) is 11.9 Å². The summed E-state index contributed by atoms with van der Waals surface area (Å²) in [5, 5.41) is 7.72. The first-order chi connectivity index (χ1) is 12.8. The van der Waals surface area contributed by atoms with Crippen molar-refractivity contribution in [3.8, 4) is 0 Å². The fraction of sp³-hybridized carbons (Fsp3) is 0.350. The van der Waals surface area contributed by atoms with E-state index in [4.69, 9.17) is 9.15 Å². The molecule has 0 spiro atoms. The van der Waals surface area contributed by atoms with Gasteiger partial charge in [0.05, 0.1) is 18.9 Å². The second-order valence-corrected chi connectivity index (χ2v) is 6.83. The number of benzene rings is 1. The number of furan rings is 1. The first kappa shape index (κ1) is 18.7. The molecule has 3 rings (SSSR count). The van der Waals surface area contributed by atoms with Crippen LogP contribution < -0.4 is 5.32 Å². The van der Waals surface area contributed by atoms with Gasteiger partial charge in [0.1, 0.15) is 11.4 Å². The van der Waals surface area contributed by atoms with Gasteiger partial charge >= 0.3 is 5.97 Å². The maximum absolute atomic E-state index is 12.1. The summed E-state index contributed by atoms with van der Waals surface area (Å²) in [5.41, 5.74) is 3.74. The van der Waals surface area contributed by atoms with Crippen molar-refractivity contribution in [2.45, 2.75) is 40.2 Å². The topological polar surface area (TPSA) is 86.4 Å². The Morgan fingerprint density at radius 2 is 2.00 bits per heavy atom. The van der Waals surface area contributed by atoms with E-state index < -0.39 is 11.9 Å². The van der Waals surface area contributed by atoms with Gasteiger partial charge in [-0.3, -0.25) is 9.59 Å². The molecule has 0 radical (unpaired) electrons. The van der Waals surface area contributed by atoms with E-state index in [2.05, 4.69) is 10.4 Å². The predicted octanol–water partition coefficient (Wildman–Crippen LogP) is 3.55. The number of carbonyl (C=O) groups is 2. The zero-order valence-corrected chi connectivity index (χ0v) is 15.9. The number of fused-ring (bicyclic) bond motifs is 1. The van der Waals surface area contributed by atoms with Crippen molar-refractivity contribution >= 4 is 28.7 Å². The average molecular weight is 369 g/mol. The molecule has 0 aliphatic rings. The van der Waals surface area contributed by atoms with E-state index in [9.17, 15) is 9.59 Å². The summed E-state index contributed by atoms with van der Waals surface area (Å²) in [6, 6.07) is 5.75. The molecule has 0 fully saturated rings. The number of esters is 1. The molecule has 3 aromatic rings. The third-order valence-corrected chi connectivity index (χ3v) is 4.40. The zero-order chi connectivity index (χ0) is 19.6. The van der Waals surface area contributed by atoms with Crippen LogP contribution in [-0.4, -0.2) is 28.3 Å². The van der Waals surface area contributed by atoms with Crippen molar-refractivity contribution < 1.29 is 18.7 Å². The number of ether oxygens (including phenoxy) is 1. The van der Waals surface area contributed by atoms with Crippen LogP contribution in [0.15, 0.2) is 35.1 Å². The number of nitrogens with zero attached hydrogens (tertiary/aromatic N) is 2. The van der Waals surface area contributed by atoms with Crippen molar-refractivity contribution in [1.29, 1.82) is 0 Å². The van der Waals surface area contributed by atoms with Gasteiger partial charge in [-0.05, 0) is 51.0 Å². The van der Waals surface area contributed by atoms with E-state index in [-0.39, 0.29) is 19.1 Å². The second-order valence-electron chi connectivity index (χ2n) is 6.83. The SMILES string of the molecule is Cc1cc2occ(CC(=O)OCC(=O)Nc3ccnn3C(C)C)c2cc1C. The molecule has 0 aliphatic heterocycles. The molecule has 0 saturated heterocycles. The Morgan fingerprint density at radius 3 is 2.74 bits per heavy atom. The summed E-state index contributed by atoms with van der Waals surface area (Å²) in [6.45, 7) is 7.59. The highest BCUT2D eigenvalue weighted by molar-refractivity contribution is 5.92. The maximum atomic E-state index is 12.1. The second kappa shape index (κ2) is 7.65. The van der Waals surface area contributed by atoms with Crippen molar-refractivity contribution in [3.63, 3.8) is 0 Å². The molecule has 1 N–H and O–H groups in total. The van der Waals surface area contributed by atoms with E-state index in [1.54, 1.807) is 23.2 Å². The number of carbonyl (C=O) groups excluding carboxylic acids is 2. The molecule has 7 nitrogen and oxygen atoms in total. The van der Waals surface area contributed by atoms with E-state index in [0.717, 1.165) is 27.7 Å². The molecule has 0 bridgehead atoms. The molecule has 27 heavy (non-hydrogen) atoms. The Labute approximate surface area is 157 Å². The predicted molar refractivity (Wildman–Crippen MR) is 102 cm³/mol. The maximum Gasteiger partial charge on any atom is 0.310 e. The quantitative estimate of drug-likeness (QED) is 0.672. The summed E-state index contributed by atoms with van der Waals surface area (Å²) in [7, 11) is 0. The highest BCUT2D eigenvalue weighted by Gasteiger charge is 2.15. The zero-order valence-electron chi connectivity index (χ0n) is 15.9. The summed E-state index contributed by atoms with van der Waals surface area (Å²) in [6.07, 6.45) is 3.22. The molecule has 142 valence electrons. The third kappa shape index (κ3) is 4.19. The minimum Gasteiger partial charge on any atom is -0.464 e. The Morgan fingerprint density at radius 1 is 1.26 bits per heavy atom. The molecule has 2 heterocycles. The first-order valence-corrected chi connectivity index (χ1v) is 8.81. The lowest BCUT2D eigenvalue weighted by Crippen LogP contribution is -2.23. The third-order valence-electron chi connectivity index (χ3n) is 4.40. The highest BCUT2D eigenvalue weighted by Crippen LogP contribution is 2.25. The molecule has 0 saturated carbocycles. The minimum absolute atomic E-state index is 0.0483. The van der Waals surface area contributed by atoms with Gasteiger partial charge in [0, 0.05) is 23.1 Å². The van der Waals surface area contributed by atoms with Crippen LogP contribution in [0.4, 0.5) is 5.82 Å². The smallest absolute Gasteiger partial charge is 0.310 e. The molecule has 7 heteroatoms. The minimum atomic E-state index is -0.483. The number of anilines is 1. The molecule has 0 atom stereocenters. The number of nitrogens with one attached hydrogen (secondary N) is 1. The van der Waals surface area contributed by atoms with Crippen LogP contribution in [-0.2, 0) is 20.7 Å². The van der Waals surface area contributed by atoms with E-state index in [1.165, 1.54) is 0 Å². The molecule has 2 aromatic heterocycles.